The van der Waals surface area contributed by atoms with Gasteiger partial charge in [-0.25, -0.2) is 0 Å². The first-order chi connectivity index (χ1) is 8.16. The summed E-state index contributed by atoms with van der Waals surface area (Å²) in [4.78, 5) is 11.5. The maximum Gasteiger partial charge on any atom is 0.237 e. The first-order valence-corrected chi connectivity index (χ1v) is 6.22. The van der Waals surface area contributed by atoms with Gasteiger partial charge < -0.3 is 10.6 Å². The van der Waals surface area contributed by atoms with E-state index in [4.69, 9.17) is 0 Å². The van der Waals surface area contributed by atoms with E-state index in [1.807, 2.05) is 16.9 Å². The number of carbonyl (C=O) groups excluding carboxylic acids is 1. The summed E-state index contributed by atoms with van der Waals surface area (Å²) in [7, 11) is 0. The quantitative estimate of drug-likeness (QED) is 0.814. The van der Waals surface area contributed by atoms with Gasteiger partial charge in [-0.3, -0.25) is 9.48 Å². The van der Waals surface area contributed by atoms with Gasteiger partial charge in [-0.05, 0) is 32.8 Å². The maximum absolute atomic E-state index is 11.5. The van der Waals surface area contributed by atoms with Crippen LogP contribution in [0.2, 0.25) is 0 Å². The van der Waals surface area contributed by atoms with Crippen LogP contribution in [-0.4, -0.2) is 28.3 Å². The molecule has 1 aromatic rings. The number of hydrogen-bond acceptors (Lipinski definition) is 3. The van der Waals surface area contributed by atoms with Crippen LogP contribution in [0.25, 0.3) is 0 Å². The molecule has 5 nitrogen and oxygen atoms in total. The van der Waals surface area contributed by atoms with E-state index in [1.165, 1.54) is 0 Å². The number of nitrogens with zero attached hydrogens (tertiary/aromatic N) is 2. The lowest BCUT2D eigenvalue weighted by Gasteiger charge is -2.22. The lowest BCUT2D eigenvalue weighted by atomic mass is 10.1. The van der Waals surface area contributed by atoms with Crippen molar-refractivity contribution in [3.63, 3.8) is 0 Å². The molecular weight excluding hydrogens is 216 g/mol. The van der Waals surface area contributed by atoms with Crippen LogP contribution in [0.4, 0.5) is 0 Å². The Morgan fingerprint density at radius 2 is 2.47 bits per heavy atom. The lowest BCUT2D eigenvalue weighted by molar-refractivity contribution is -0.124. The molecule has 2 N–H and O–H groups in total. The van der Waals surface area contributed by atoms with Gasteiger partial charge in [-0.15, -0.1) is 0 Å². The minimum absolute atomic E-state index is 0.0621. The summed E-state index contributed by atoms with van der Waals surface area (Å²) in [6.07, 6.45) is 3.93. The third-order valence-corrected chi connectivity index (χ3v) is 3.01. The molecule has 1 atom stereocenters. The molecule has 0 bridgehead atoms. The van der Waals surface area contributed by atoms with Gasteiger partial charge in [0.05, 0.1) is 11.7 Å². The summed E-state index contributed by atoms with van der Waals surface area (Å²) in [5.41, 5.74) is 0.983. The van der Waals surface area contributed by atoms with E-state index in [0.717, 1.165) is 25.1 Å². The largest absolute Gasteiger partial charge is 0.355 e. The van der Waals surface area contributed by atoms with E-state index in [-0.39, 0.29) is 11.9 Å². The summed E-state index contributed by atoms with van der Waals surface area (Å²) < 4.78 is 1.93. The standard InChI is InChI=1S/C12H20N4O/c1-9(2)16-7-5-10(15-16)8-14-11-4-3-6-13-12(11)17/h5,7,9,11,14H,3-4,6,8H2,1-2H3,(H,13,17). The van der Waals surface area contributed by atoms with Crippen molar-refractivity contribution in [2.75, 3.05) is 6.54 Å². The minimum atomic E-state index is -0.0621. The molecule has 2 rings (SSSR count). The Morgan fingerprint density at radius 3 is 3.12 bits per heavy atom. The summed E-state index contributed by atoms with van der Waals surface area (Å²) in [6, 6.07) is 2.31. The predicted octanol–water partition coefficient (Wildman–Crippen LogP) is 0.832. The zero-order valence-corrected chi connectivity index (χ0v) is 10.4. The van der Waals surface area contributed by atoms with Crippen LogP contribution in [0.15, 0.2) is 12.3 Å². The van der Waals surface area contributed by atoms with Crippen LogP contribution in [0.3, 0.4) is 0 Å². The number of piperidine rings is 1. The maximum atomic E-state index is 11.5. The fourth-order valence-electron chi connectivity index (χ4n) is 1.95. The fraction of sp³-hybridized carbons (Fsp3) is 0.667. The first kappa shape index (κ1) is 12.1. The Labute approximate surface area is 102 Å². The van der Waals surface area contributed by atoms with Crippen molar-refractivity contribution < 1.29 is 4.79 Å². The molecular formula is C12H20N4O. The monoisotopic (exact) mass is 236 g/mol. The highest BCUT2D eigenvalue weighted by Gasteiger charge is 2.21. The molecule has 0 radical (unpaired) electrons. The highest BCUT2D eigenvalue weighted by molar-refractivity contribution is 5.82. The molecule has 5 heteroatoms. The number of carbonyl (C=O) groups is 1. The summed E-state index contributed by atoms with van der Waals surface area (Å²) in [6.45, 7) is 5.65. The zero-order chi connectivity index (χ0) is 12.3. The van der Waals surface area contributed by atoms with E-state index in [9.17, 15) is 4.79 Å². The Balaban J connectivity index is 1.86. The SMILES string of the molecule is CC(C)n1ccc(CNC2CCCNC2=O)n1. The van der Waals surface area contributed by atoms with Crippen LogP contribution < -0.4 is 10.6 Å². The molecule has 1 aliphatic heterocycles. The average Bonchev–Trinajstić information content (AvgIpc) is 2.77. The molecule has 1 aliphatic rings. The average molecular weight is 236 g/mol. The van der Waals surface area contributed by atoms with Crippen molar-refractivity contribution in [1.29, 1.82) is 0 Å². The molecule has 0 spiro atoms. The normalized spacial score (nSPS) is 20.6. The second-order valence-electron chi connectivity index (χ2n) is 4.75. The summed E-state index contributed by atoms with van der Waals surface area (Å²) >= 11 is 0. The van der Waals surface area contributed by atoms with E-state index in [0.29, 0.717) is 12.6 Å². The Kier molecular flexibility index (Phi) is 3.78. The Hall–Kier alpha value is -1.36. The number of amides is 1. The third kappa shape index (κ3) is 3.06. The van der Waals surface area contributed by atoms with Crippen LogP contribution in [0.5, 0.6) is 0 Å². The minimum Gasteiger partial charge on any atom is -0.355 e. The molecule has 1 aromatic heterocycles. The van der Waals surface area contributed by atoms with Gasteiger partial charge in [0.15, 0.2) is 0 Å². The summed E-state index contributed by atoms with van der Waals surface area (Å²) in [5.74, 6) is 0.111. The van der Waals surface area contributed by atoms with Crippen molar-refractivity contribution in [3.8, 4) is 0 Å². The second kappa shape index (κ2) is 5.31. The van der Waals surface area contributed by atoms with E-state index in [2.05, 4.69) is 29.6 Å². The van der Waals surface area contributed by atoms with Crippen LogP contribution in [0, 0.1) is 0 Å². The van der Waals surface area contributed by atoms with Gasteiger partial charge in [-0.2, -0.15) is 5.10 Å². The topological polar surface area (TPSA) is 59.0 Å². The molecule has 94 valence electrons. The Morgan fingerprint density at radius 1 is 1.65 bits per heavy atom. The lowest BCUT2D eigenvalue weighted by Crippen LogP contribution is -2.47. The van der Waals surface area contributed by atoms with Gasteiger partial charge in [-0.1, -0.05) is 0 Å². The van der Waals surface area contributed by atoms with Gasteiger partial charge >= 0.3 is 0 Å². The van der Waals surface area contributed by atoms with Gasteiger partial charge in [0.25, 0.3) is 0 Å². The van der Waals surface area contributed by atoms with E-state index >= 15 is 0 Å². The van der Waals surface area contributed by atoms with Crippen molar-refractivity contribution >= 4 is 5.91 Å². The predicted molar refractivity (Wildman–Crippen MR) is 65.5 cm³/mol. The Bertz CT molecular complexity index is 386. The van der Waals surface area contributed by atoms with Crippen molar-refractivity contribution in [1.82, 2.24) is 20.4 Å². The second-order valence-corrected chi connectivity index (χ2v) is 4.75. The smallest absolute Gasteiger partial charge is 0.237 e. The van der Waals surface area contributed by atoms with E-state index in [1.54, 1.807) is 0 Å². The van der Waals surface area contributed by atoms with Crippen LogP contribution >= 0.6 is 0 Å². The third-order valence-electron chi connectivity index (χ3n) is 3.01. The van der Waals surface area contributed by atoms with Crippen molar-refractivity contribution in [2.45, 2.75) is 45.3 Å². The van der Waals surface area contributed by atoms with E-state index < -0.39 is 0 Å². The first-order valence-electron chi connectivity index (χ1n) is 6.22. The molecule has 0 aliphatic carbocycles. The van der Waals surface area contributed by atoms with Gasteiger partial charge in [0.2, 0.25) is 5.91 Å². The molecule has 1 amide bonds. The molecule has 17 heavy (non-hydrogen) atoms. The number of rotatable bonds is 4. The van der Waals surface area contributed by atoms with Crippen molar-refractivity contribution in [2.24, 2.45) is 0 Å². The number of aromatic nitrogens is 2. The molecule has 1 saturated heterocycles. The molecule has 1 fully saturated rings. The molecule has 2 heterocycles. The van der Waals surface area contributed by atoms with Crippen LogP contribution in [-0.2, 0) is 11.3 Å². The van der Waals surface area contributed by atoms with Gasteiger partial charge in [0.1, 0.15) is 0 Å². The highest BCUT2D eigenvalue weighted by atomic mass is 16.2. The van der Waals surface area contributed by atoms with Crippen LogP contribution in [0.1, 0.15) is 38.4 Å². The van der Waals surface area contributed by atoms with Crippen molar-refractivity contribution in [3.05, 3.63) is 18.0 Å². The highest BCUT2D eigenvalue weighted by Crippen LogP contribution is 2.06. The summed E-state index contributed by atoms with van der Waals surface area (Å²) in [5, 5.41) is 10.6. The fourth-order valence-corrected chi connectivity index (χ4v) is 1.95. The van der Waals surface area contributed by atoms with Gasteiger partial charge in [0, 0.05) is 25.3 Å². The molecule has 0 aromatic carbocycles. The number of nitrogens with one attached hydrogen (secondary N) is 2. The molecule has 0 saturated carbocycles. The zero-order valence-electron chi connectivity index (χ0n) is 10.4. The number of hydrogen-bond donors (Lipinski definition) is 2. The molecule has 1 unspecified atom stereocenters.